The molecule has 1 N–H and O–H groups in total. The first kappa shape index (κ1) is 13.4. The summed E-state index contributed by atoms with van der Waals surface area (Å²) in [6, 6.07) is 9.58. The maximum atomic E-state index is 9.06. The molecule has 0 bridgehead atoms. The zero-order valence-corrected chi connectivity index (χ0v) is 12.7. The monoisotopic (exact) mass is 340 g/mol. The highest BCUT2D eigenvalue weighted by Crippen LogP contribution is 2.29. The molecule has 0 saturated heterocycles. The van der Waals surface area contributed by atoms with E-state index in [0.29, 0.717) is 10.6 Å². The van der Waals surface area contributed by atoms with Crippen LogP contribution in [0.2, 0.25) is 5.02 Å². The lowest BCUT2D eigenvalue weighted by Crippen LogP contribution is -2.06. The van der Waals surface area contributed by atoms with Gasteiger partial charge in [-0.15, -0.1) is 11.3 Å². The first-order valence-electron chi connectivity index (χ1n) is 5.30. The van der Waals surface area contributed by atoms with E-state index in [1.165, 1.54) is 4.88 Å². The summed E-state index contributed by atoms with van der Waals surface area (Å²) in [5.74, 6) is 0. The lowest BCUT2D eigenvalue weighted by atomic mass is 10.1. The number of nitriles is 1. The van der Waals surface area contributed by atoms with E-state index in [4.69, 9.17) is 16.9 Å². The van der Waals surface area contributed by atoms with Crippen LogP contribution in [-0.2, 0) is 0 Å². The molecule has 0 spiro atoms. The van der Waals surface area contributed by atoms with Gasteiger partial charge in [-0.3, -0.25) is 0 Å². The van der Waals surface area contributed by atoms with E-state index in [0.717, 1.165) is 10.2 Å². The Morgan fingerprint density at radius 2 is 2.22 bits per heavy atom. The molecule has 0 aliphatic rings. The second-order valence-electron chi connectivity index (χ2n) is 3.84. The van der Waals surface area contributed by atoms with Gasteiger partial charge in [-0.2, -0.15) is 5.26 Å². The fourth-order valence-corrected chi connectivity index (χ4v) is 3.22. The maximum absolute atomic E-state index is 9.06. The molecule has 2 nitrogen and oxygen atoms in total. The summed E-state index contributed by atoms with van der Waals surface area (Å²) < 4.78 is 1.07. The van der Waals surface area contributed by atoms with Crippen molar-refractivity contribution in [2.75, 3.05) is 5.32 Å². The van der Waals surface area contributed by atoms with Gasteiger partial charge in [0.25, 0.3) is 0 Å². The van der Waals surface area contributed by atoms with Crippen LogP contribution in [0.5, 0.6) is 0 Å². The summed E-state index contributed by atoms with van der Waals surface area (Å²) >= 11 is 11.1. The third-order valence-corrected chi connectivity index (χ3v) is 4.60. The predicted octanol–water partition coefficient (Wildman–Crippen LogP) is 5.21. The van der Waals surface area contributed by atoms with Crippen molar-refractivity contribution in [3.8, 4) is 6.07 Å². The number of hydrogen-bond acceptors (Lipinski definition) is 3. The van der Waals surface area contributed by atoms with Crippen molar-refractivity contribution in [3.05, 3.63) is 49.6 Å². The summed E-state index contributed by atoms with van der Waals surface area (Å²) in [4.78, 5) is 1.20. The highest BCUT2D eigenvalue weighted by atomic mass is 79.9. The largest absolute Gasteiger partial charge is 0.377 e. The average molecular weight is 342 g/mol. The molecule has 0 amide bonds. The van der Waals surface area contributed by atoms with Crippen LogP contribution in [0.25, 0.3) is 0 Å². The number of rotatable bonds is 3. The van der Waals surface area contributed by atoms with Gasteiger partial charge in [0.15, 0.2) is 0 Å². The van der Waals surface area contributed by atoms with Crippen molar-refractivity contribution >= 4 is 44.6 Å². The minimum Gasteiger partial charge on any atom is -0.377 e. The highest BCUT2D eigenvalue weighted by molar-refractivity contribution is 9.10. The van der Waals surface area contributed by atoms with Crippen molar-refractivity contribution in [2.24, 2.45) is 0 Å². The van der Waals surface area contributed by atoms with Gasteiger partial charge in [0.2, 0.25) is 0 Å². The Morgan fingerprint density at radius 1 is 1.44 bits per heavy atom. The van der Waals surface area contributed by atoms with E-state index in [1.807, 2.05) is 5.38 Å². The van der Waals surface area contributed by atoms with Gasteiger partial charge in [-0.05, 0) is 47.1 Å². The zero-order valence-electron chi connectivity index (χ0n) is 9.58. The van der Waals surface area contributed by atoms with Gasteiger partial charge >= 0.3 is 0 Å². The van der Waals surface area contributed by atoms with Gasteiger partial charge in [-0.1, -0.05) is 11.6 Å². The molecule has 5 heteroatoms. The highest BCUT2D eigenvalue weighted by Gasteiger charge is 2.10. The third-order valence-electron chi connectivity index (χ3n) is 2.49. The smallest absolute Gasteiger partial charge is 0.101 e. The standard InChI is InChI=1S/C13H10BrClN2S/c1-8(13-4-10(14)7-18-13)17-12-5-11(15)3-2-9(12)6-16/h2-5,7-8,17H,1H3. The molecule has 92 valence electrons. The van der Waals surface area contributed by atoms with Crippen LogP contribution >= 0.6 is 38.9 Å². The van der Waals surface area contributed by atoms with Crippen LogP contribution < -0.4 is 5.32 Å². The number of nitrogens with one attached hydrogen (secondary N) is 1. The Morgan fingerprint density at radius 3 is 2.83 bits per heavy atom. The fourth-order valence-electron chi connectivity index (χ4n) is 1.59. The van der Waals surface area contributed by atoms with Crippen molar-refractivity contribution < 1.29 is 0 Å². The molecule has 1 aromatic heterocycles. The second-order valence-corrected chi connectivity index (χ2v) is 6.13. The Hall–Kier alpha value is -1.02. The third kappa shape index (κ3) is 3.05. The lowest BCUT2D eigenvalue weighted by Gasteiger charge is -2.15. The molecule has 0 fully saturated rings. The van der Waals surface area contributed by atoms with E-state index < -0.39 is 0 Å². The first-order chi connectivity index (χ1) is 8.60. The zero-order chi connectivity index (χ0) is 13.1. The van der Waals surface area contributed by atoms with E-state index in [1.54, 1.807) is 29.5 Å². The van der Waals surface area contributed by atoms with Gasteiger partial charge in [0.05, 0.1) is 17.3 Å². The van der Waals surface area contributed by atoms with Crippen LogP contribution in [0, 0.1) is 11.3 Å². The summed E-state index contributed by atoms with van der Waals surface area (Å²) in [7, 11) is 0. The maximum Gasteiger partial charge on any atom is 0.101 e. The molecular formula is C13H10BrClN2S. The number of nitrogens with zero attached hydrogens (tertiary/aromatic N) is 1. The number of halogens is 2. The van der Waals surface area contributed by atoms with Crippen LogP contribution in [0.1, 0.15) is 23.4 Å². The minimum absolute atomic E-state index is 0.131. The van der Waals surface area contributed by atoms with Gasteiger partial charge < -0.3 is 5.32 Å². The molecule has 18 heavy (non-hydrogen) atoms. The van der Waals surface area contributed by atoms with Crippen LogP contribution in [0.4, 0.5) is 5.69 Å². The number of anilines is 1. The molecule has 0 aliphatic heterocycles. The topological polar surface area (TPSA) is 35.8 Å². The van der Waals surface area contributed by atoms with E-state index >= 15 is 0 Å². The normalized spacial score (nSPS) is 11.9. The average Bonchev–Trinajstić information content (AvgIpc) is 2.76. The Bertz CT molecular complexity index is 603. The minimum atomic E-state index is 0.131. The van der Waals surface area contributed by atoms with E-state index in [2.05, 4.69) is 40.3 Å². The Kier molecular flexibility index (Phi) is 4.28. The summed E-state index contributed by atoms with van der Waals surface area (Å²) in [5.41, 5.74) is 1.36. The predicted molar refractivity (Wildman–Crippen MR) is 80.2 cm³/mol. The number of hydrogen-bond donors (Lipinski definition) is 1. The molecular weight excluding hydrogens is 332 g/mol. The van der Waals surface area contributed by atoms with E-state index in [-0.39, 0.29) is 6.04 Å². The molecule has 1 unspecified atom stereocenters. The van der Waals surface area contributed by atoms with Crippen LogP contribution in [0.15, 0.2) is 34.1 Å². The molecule has 1 heterocycles. The molecule has 2 rings (SSSR count). The van der Waals surface area contributed by atoms with Crippen molar-refractivity contribution in [1.29, 1.82) is 5.26 Å². The van der Waals surface area contributed by atoms with Crippen LogP contribution in [-0.4, -0.2) is 0 Å². The molecule has 0 radical (unpaired) electrons. The van der Waals surface area contributed by atoms with Crippen molar-refractivity contribution in [1.82, 2.24) is 0 Å². The summed E-state index contributed by atoms with van der Waals surface area (Å²) in [6.45, 7) is 2.06. The summed E-state index contributed by atoms with van der Waals surface area (Å²) in [6.07, 6.45) is 0. The fraction of sp³-hybridized carbons (Fsp3) is 0.154. The molecule has 0 aliphatic carbocycles. The van der Waals surface area contributed by atoms with Crippen molar-refractivity contribution in [2.45, 2.75) is 13.0 Å². The molecule has 2 aromatic rings. The van der Waals surface area contributed by atoms with Crippen molar-refractivity contribution in [3.63, 3.8) is 0 Å². The molecule has 1 atom stereocenters. The van der Waals surface area contributed by atoms with Crippen LogP contribution in [0.3, 0.4) is 0 Å². The Balaban J connectivity index is 2.24. The Labute approximate surface area is 123 Å². The first-order valence-corrected chi connectivity index (χ1v) is 7.35. The molecule has 0 saturated carbocycles. The van der Waals surface area contributed by atoms with Gasteiger partial charge in [0.1, 0.15) is 6.07 Å². The number of thiophene rings is 1. The SMILES string of the molecule is CC(Nc1cc(Cl)ccc1C#N)c1cc(Br)cs1. The summed E-state index contributed by atoms with van der Waals surface area (Å²) in [5, 5.41) is 15.0. The lowest BCUT2D eigenvalue weighted by molar-refractivity contribution is 0.907. The van der Waals surface area contributed by atoms with Gasteiger partial charge in [0, 0.05) is 19.8 Å². The van der Waals surface area contributed by atoms with Gasteiger partial charge in [-0.25, -0.2) is 0 Å². The second kappa shape index (κ2) is 5.75. The quantitative estimate of drug-likeness (QED) is 0.832. The number of benzene rings is 1. The molecule has 1 aromatic carbocycles. The van der Waals surface area contributed by atoms with E-state index in [9.17, 15) is 0 Å².